The predicted octanol–water partition coefficient (Wildman–Crippen LogP) is 12.5. The van der Waals surface area contributed by atoms with Crippen molar-refractivity contribution in [1.29, 1.82) is 0 Å². The number of aryl methyl sites for hydroxylation is 1. The van der Waals surface area contributed by atoms with Crippen LogP contribution >= 0.6 is 11.3 Å². The second-order valence-electron chi connectivity index (χ2n) is 13.6. The zero-order valence-electron chi connectivity index (χ0n) is 29.1. The summed E-state index contributed by atoms with van der Waals surface area (Å²) in [6.07, 6.45) is 0. The van der Waals surface area contributed by atoms with E-state index in [0.29, 0.717) is 28.9 Å². The number of fused-ring (bicyclic) bond motifs is 7. The fourth-order valence-electron chi connectivity index (χ4n) is 7.60. The number of oxazole rings is 1. The van der Waals surface area contributed by atoms with Gasteiger partial charge in [-0.1, -0.05) is 97.1 Å². The topological polar surface area (TPSA) is 69.6 Å². The maximum absolute atomic E-state index is 6.51. The minimum absolute atomic E-state index is 0.554. The first kappa shape index (κ1) is 30.6. The van der Waals surface area contributed by atoms with Crippen LogP contribution in [0.2, 0.25) is 0 Å². The molecular weight excluding hydrogens is 683 g/mol. The molecule has 54 heavy (non-hydrogen) atoms. The number of benzene rings is 7. The highest BCUT2D eigenvalue weighted by atomic mass is 32.1. The Bertz CT molecular complexity index is 3250. The summed E-state index contributed by atoms with van der Waals surface area (Å²) in [4.78, 5) is 19.7. The molecule has 0 bridgehead atoms. The standard InChI is InChI=1S/C47H29N5OS/c1-28-12-5-6-17-33(28)46-50-44(29-13-3-2-4-14-29)49-45(51-46)30-22-23-38-41(25-30)53-47(48-38)31-15-11-16-32(24-31)52-39-20-9-7-18-34(39)36-26-37-35-19-8-10-21-42(35)54-43(37)27-40(36)52/h2-27H,1H3. The molecule has 254 valence electrons. The number of rotatable bonds is 5. The normalized spacial score (nSPS) is 11.8. The lowest BCUT2D eigenvalue weighted by Crippen LogP contribution is -2.00. The van der Waals surface area contributed by atoms with Crippen LogP contribution in [0.3, 0.4) is 0 Å². The maximum Gasteiger partial charge on any atom is 0.227 e. The molecular formula is C47H29N5OS. The molecule has 0 saturated carbocycles. The molecule has 0 N–H and O–H groups in total. The molecule has 0 fully saturated rings. The minimum Gasteiger partial charge on any atom is -0.436 e. The van der Waals surface area contributed by atoms with Crippen molar-refractivity contribution in [3.63, 3.8) is 0 Å². The third kappa shape index (κ3) is 4.94. The highest BCUT2D eigenvalue weighted by Crippen LogP contribution is 2.41. The Labute approximate surface area is 313 Å². The van der Waals surface area contributed by atoms with Gasteiger partial charge in [-0.3, -0.25) is 0 Å². The van der Waals surface area contributed by atoms with Gasteiger partial charge in [-0.15, -0.1) is 11.3 Å². The summed E-state index contributed by atoms with van der Waals surface area (Å²) in [6, 6.07) is 54.6. The Balaban J connectivity index is 1.02. The van der Waals surface area contributed by atoms with Crippen molar-refractivity contribution in [2.24, 2.45) is 0 Å². The summed E-state index contributed by atoms with van der Waals surface area (Å²) in [5.74, 6) is 2.37. The molecule has 0 atom stereocenters. The van der Waals surface area contributed by atoms with Crippen LogP contribution in [0.15, 0.2) is 162 Å². The zero-order chi connectivity index (χ0) is 35.8. The molecule has 0 radical (unpaired) electrons. The summed E-state index contributed by atoms with van der Waals surface area (Å²) in [5.41, 5.74) is 9.52. The summed E-state index contributed by atoms with van der Waals surface area (Å²) in [6.45, 7) is 2.07. The van der Waals surface area contributed by atoms with E-state index in [-0.39, 0.29) is 0 Å². The first-order valence-corrected chi connectivity index (χ1v) is 18.7. The maximum atomic E-state index is 6.51. The monoisotopic (exact) mass is 711 g/mol. The molecule has 6 nitrogen and oxygen atoms in total. The summed E-state index contributed by atoms with van der Waals surface area (Å²) in [7, 11) is 0. The van der Waals surface area contributed by atoms with Crippen LogP contribution in [-0.2, 0) is 0 Å². The fraction of sp³-hybridized carbons (Fsp3) is 0.0213. The lowest BCUT2D eigenvalue weighted by atomic mass is 10.1. The van der Waals surface area contributed by atoms with Crippen molar-refractivity contribution in [2.45, 2.75) is 6.92 Å². The van der Waals surface area contributed by atoms with Gasteiger partial charge in [-0.25, -0.2) is 19.9 Å². The van der Waals surface area contributed by atoms with Crippen molar-refractivity contribution in [1.82, 2.24) is 24.5 Å². The van der Waals surface area contributed by atoms with E-state index in [1.807, 2.05) is 78.1 Å². The average molecular weight is 712 g/mol. The highest BCUT2D eigenvalue weighted by Gasteiger charge is 2.18. The van der Waals surface area contributed by atoms with Crippen molar-refractivity contribution in [2.75, 3.05) is 0 Å². The Hall–Kier alpha value is -6.96. The van der Waals surface area contributed by atoms with Crippen LogP contribution in [0.25, 0.3) is 104 Å². The summed E-state index contributed by atoms with van der Waals surface area (Å²) < 4.78 is 11.4. The highest BCUT2D eigenvalue weighted by molar-refractivity contribution is 7.25. The molecule has 0 aliphatic carbocycles. The Morgan fingerprint density at radius 2 is 1.22 bits per heavy atom. The van der Waals surface area contributed by atoms with Crippen molar-refractivity contribution in [3.8, 4) is 51.3 Å². The second-order valence-corrected chi connectivity index (χ2v) is 14.6. The van der Waals surface area contributed by atoms with Crippen molar-refractivity contribution in [3.05, 3.63) is 163 Å². The molecule has 0 spiro atoms. The largest absolute Gasteiger partial charge is 0.436 e. The van der Waals surface area contributed by atoms with Crippen LogP contribution in [0, 0.1) is 6.92 Å². The van der Waals surface area contributed by atoms with Gasteiger partial charge >= 0.3 is 0 Å². The molecule has 0 aliphatic rings. The van der Waals surface area contributed by atoms with Crippen LogP contribution in [0.5, 0.6) is 0 Å². The molecule has 0 unspecified atom stereocenters. The number of nitrogens with zero attached hydrogens (tertiary/aromatic N) is 5. The van der Waals surface area contributed by atoms with Crippen molar-refractivity contribution < 1.29 is 4.42 Å². The number of aromatic nitrogens is 5. The third-order valence-electron chi connectivity index (χ3n) is 10.2. The van der Waals surface area contributed by atoms with Gasteiger partial charge in [0.05, 0.1) is 11.0 Å². The van der Waals surface area contributed by atoms with Gasteiger partial charge in [0.25, 0.3) is 0 Å². The molecule has 4 heterocycles. The van der Waals surface area contributed by atoms with Crippen molar-refractivity contribution >= 4 is 64.4 Å². The minimum atomic E-state index is 0.554. The smallest absolute Gasteiger partial charge is 0.227 e. The molecule has 0 saturated heterocycles. The fourth-order valence-corrected chi connectivity index (χ4v) is 8.72. The second kappa shape index (κ2) is 12.0. The van der Waals surface area contributed by atoms with E-state index in [0.717, 1.165) is 44.5 Å². The van der Waals surface area contributed by atoms with Crippen LogP contribution < -0.4 is 0 Å². The first-order valence-electron chi connectivity index (χ1n) is 17.9. The SMILES string of the molecule is Cc1ccccc1-c1nc(-c2ccccc2)nc(-c2ccc3nc(-c4cccc(-n5c6ccccc6c6cc7c(cc65)sc5ccccc57)c4)oc3c2)n1. The molecule has 0 amide bonds. The lowest BCUT2D eigenvalue weighted by molar-refractivity contribution is 0.620. The number of hydrogen-bond donors (Lipinski definition) is 0. The number of thiophene rings is 1. The van der Waals surface area contributed by atoms with Gasteiger partial charge in [0.15, 0.2) is 23.1 Å². The molecule has 7 heteroatoms. The van der Waals surface area contributed by atoms with Gasteiger partial charge in [0.1, 0.15) is 5.52 Å². The van der Waals surface area contributed by atoms with Crippen LogP contribution in [0.4, 0.5) is 0 Å². The van der Waals surface area contributed by atoms with Gasteiger partial charge in [-0.05, 0) is 73.2 Å². The zero-order valence-corrected chi connectivity index (χ0v) is 29.9. The van der Waals surface area contributed by atoms with Crippen LogP contribution in [-0.4, -0.2) is 24.5 Å². The Morgan fingerprint density at radius 3 is 2.11 bits per heavy atom. The molecule has 7 aromatic carbocycles. The Morgan fingerprint density at radius 1 is 0.481 bits per heavy atom. The average Bonchev–Trinajstić information content (AvgIpc) is 3.91. The van der Waals surface area contributed by atoms with E-state index in [4.69, 9.17) is 24.4 Å². The quantitative estimate of drug-likeness (QED) is 0.178. The summed E-state index contributed by atoms with van der Waals surface area (Å²) >= 11 is 1.84. The van der Waals surface area contributed by atoms with Gasteiger partial charge in [0, 0.05) is 58.9 Å². The molecule has 4 aromatic heterocycles. The molecule has 11 rings (SSSR count). The number of hydrogen-bond acceptors (Lipinski definition) is 6. The van der Waals surface area contributed by atoms with E-state index in [1.54, 1.807) is 0 Å². The molecule has 11 aromatic rings. The van der Waals surface area contributed by atoms with E-state index >= 15 is 0 Å². The molecule has 0 aliphatic heterocycles. The Kier molecular flexibility index (Phi) is 6.84. The van der Waals surface area contributed by atoms with Gasteiger partial charge in [-0.2, -0.15) is 0 Å². The van der Waals surface area contributed by atoms with E-state index in [2.05, 4.69) is 102 Å². The van der Waals surface area contributed by atoms with Gasteiger partial charge in [0.2, 0.25) is 5.89 Å². The van der Waals surface area contributed by atoms with Gasteiger partial charge < -0.3 is 8.98 Å². The third-order valence-corrected chi connectivity index (χ3v) is 11.4. The van der Waals surface area contributed by atoms with E-state index < -0.39 is 0 Å². The first-order chi connectivity index (χ1) is 26.6. The number of para-hydroxylation sites is 1. The lowest BCUT2D eigenvalue weighted by Gasteiger charge is -2.09. The predicted molar refractivity (Wildman–Crippen MR) is 221 cm³/mol. The van der Waals surface area contributed by atoms with E-state index in [1.165, 1.54) is 36.5 Å². The summed E-state index contributed by atoms with van der Waals surface area (Å²) in [5, 5.41) is 5.06. The van der Waals surface area contributed by atoms with E-state index in [9.17, 15) is 0 Å². The van der Waals surface area contributed by atoms with Crippen LogP contribution in [0.1, 0.15) is 5.56 Å².